The molecule has 0 bridgehead atoms. The molecule has 2 fully saturated rings. The molecule has 2 saturated heterocycles. The third kappa shape index (κ3) is 7.02. The van der Waals surface area contributed by atoms with E-state index in [0.717, 1.165) is 18.7 Å². The van der Waals surface area contributed by atoms with E-state index in [-0.39, 0.29) is 42.4 Å². The minimum Gasteiger partial charge on any atom is -0.475 e. The van der Waals surface area contributed by atoms with Gasteiger partial charge in [0.05, 0.1) is 5.92 Å². The average molecular weight is 681 g/mol. The molecule has 3 aromatic rings. The van der Waals surface area contributed by atoms with Gasteiger partial charge in [-0.05, 0) is 62.6 Å². The van der Waals surface area contributed by atoms with Crippen LogP contribution in [-0.2, 0) is 19.6 Å². The van der Waals surface area contributed by atoms with Crippen LogP contribution in [-0.4, -0.2) is 92.0 Å². The van der Waals surface area contributed by atoms with Crippen molar-refractivity contribution in [2.75, 3.05) is 51.0 Å². The molecule has 2 aromatic carbocycles. The Morgan fingerprint density at radius 2 is 1.60 bits per heavy atom. The Bertz CT molecular complexity index is 1750. The lowest BCUT2D eigenvalue weighted by atomic mass is 9.87. The zero-order valence-corrected chi connectivity index (χ0v) is 27.0. The smallest absolute Gasteiger partial charge is 0.475 e. The molecule has 0 unspecified atom stereocenters. The molecule has 3 aliphatic rings. The van der Waals surface area contributed by atoms with E-state index in [4.69, 9.17) is 23.9 Å². The van der Waals surface area contributed by atoms with Crippen molar-refractivity contribution in [3.8, 4) is 11.5 Å². The number of carbonyl (C=O) groups is 2. The molecule has 2 atom stereocenters. The van der Waals surface area contributed by atoms with Gasteiger partial charge in [-0.3, -0.25) is 4.79 Å². The zero-order chi connectivity index (χ0) is 34.3. The third-order valence-corrected chi connectivity index (χ3v) is 10.6. The van der Waals surface area contributed by atoms with Crippen LogP contribution in [0.1, 0.15) is 34.1 Å². The Morgan fingerprint density at radius 1 is 0.936 bits per heavy atom. The molecule has 0 aliphatic carbocycles. The maximum Gasteiger partial charge on any atom is 0.490 e. The number of fused-ring (bicyclic) bond motifs is 1. The van der Waals surface area contributed by atoms with Crippen molar-refractivity contribution in [3.63, 3.8) is 0 Å². The SMILES string of the molecule is Cc1ccc(C)c(N2CCN(C(=O)[C@@H]3CN(S(=O)(=O)c4c(C)noc4C)C[C@H]3c3ccc4c(c3)OCO4)CC2)c1.O=C(O)C(F)(F)F. The number of aromatic nitrogens is 1. The Labute approximate surface area is 269 Å². The first-order valence-corrected chi connectivity index (χ1v) is 16.3. The van der Waals surface area contributed by atoms with E-state index in [9.17, 15) is 26.4 Å². The van der Waals surface area contributed by atoms with Crippen LogP contribution in [0.3, 0.4) is 0 Å². The molecule has 47 heavy (non-hydrogen) atoms. The van der Waals surface area contributed by atoms with Crippen LogP contribution < -0.4 is 14.4 Å². The second-order valence-corrected chi connectivity index (χ2v) is 13.6. The van der Waals surface area contributed by atoms with Gasteiger partial charge in [0, 0.05) is 50.9 Å². The Balaban J connectivity index is 0.000000559. The molecule has 16 heteroatoms. The molecular weight excluding hydrogens is 645 g/mol. The van der Waals surface area contributed by atoms with Crippen molar-refractivity contribution >= 4 is 27.6 Å². The van der Waals surface area contributed by atoms with Gasteiger partial charge in [-0.2, -0.15) is 17.5 Å². The van der Waals surface area contributed by atoms with Crippen molar-refractivity contribution in [1.29, 1.82) is 0 Å². The second kappa shape index (κ2) is 13.1. The van der Waals surface area contributed by atoms with E-state index < -0.39 is 28.1 Å². The molecule has 12 nitrogen and oxygen atoms in total. The van der Waals surface area contributed by atoms with E-state index in [2.05, 4.69) is 42.1 Å². The number of nitrogens with zero attached hydrogens (tertiary/aromatic N) is 4. The van der Waals surface area contributed by atoms with Crippen molar-refractivity contribution in [3.05, 3.63) is 64.5 Å². The van der Waals surface area contributed by atoms with Gasteiger partial charge in [0.15, 0.2) is 17.3 Å². The number of anilines is 1. The number of rotatable bonds is 5. The van der Waals surface area contributed by atoms with Crippen LogP contribution in [0.4, 0.5) is 18.9 Å². The van der Waals surface area contributed by atoms with Gasteiger partial charge in [-0.1, -0.05) is 23.4 Å². The third-order valence-electron chi connectivity index (χ3n) is 8.53. The van der Waals surface area contributed by atoms with Crippen molar-refractivity contribution in [2.45, 2.75) is 44.7 Å². The van der Waals surface area contributed by atoms with Gasteiger partial charge in [-0.25, -0.2) is 13.2 Å². The van der Waals surface area contributed by atoms with Gasteiger partial charge in [-0.15, -0.1) is 0 Å². The summed E-state index contributed by atoms with van der Waals surface area (Å²) in [6.07, 6.45) is -5.08. The quantitative estimate of drug-likeness (QED) is 0.420. The molecule has 254 valence electrons. The van der Waals surface area contributed by atoms with E-state index in [1.165, 1.54) is 21.1 Å². The fourth-order valence-electron chi connectivity index (χ4n) is 6.13. The highest BCUT2D eigenvalue weighted by atomic mass is 32.2. The number of sulfonamides is 1. The lowest BCUT2D eigenvalue weighted by molar-refractivity contribution is -0.192. The largest absolute Gasteiger partial charge is 0.490 e. The molecule has 1 N–H and O–H groups in total. The van der Waals surface area contributed by atoms with Gasteiger partial charge >= 0.3 is 12.1 Å². The first kappa shape index (κ1) is 34.0. The Hall–Kier alpha value is -4.31. The predicted octanol–water partition coefficient (Wildman–Crippen LogP) is 4.02. The molecule has 1 aromatic heterocycles. The highest BCUT2D eigenvalue weighted by molar-refractivity contribution is 7.89. The van der Waals surface area contributed by atoms with Crippen molar-refractivity contribution in [2.24, 2.45) is 5.92 Å². The fourth-order valence-corrected chi connectivity index (χ4v) is 7.91. The first-order valence-electron chi connectivity index (χ1n) is 14.8. The molecule has 4 heterocycles. The van der Waals surface area contributed by atoms with E-state index in [1.54, 1.807) is 13.8 Å². The van der Waals surface area contributed by atoms with E-state index >= 15 is 0 Å². The van der Waals surface area contributed by atoms with Gasteiger partial charge in [0.1, 0.15) is 10.6 Å². The monoisotopic (exact) mass is 680 g/mol. The maximum atomic E-state index is 14.1. The van der Waals surface area contributed by atoms with E-state index in [0.29, 0.717) is 30.3 Å². The normalized spacial score (nSPS) is 19.8. The highest BCUT2D eigenvalue weighted by Gasteiger charge is 2.46. The van der Waals surface area contributed by atoms with Crippen LogP contribution in [0.15, 0.2) is 45.8 Å². The lowest BCUT2D eigenvalue weighted by Crippen LogP contribution is -2.51. The summed E-state index contributed by atoms with van der Waals surface area (Å²) in [4.78, 5) is 27.3. The van der Waals surface area contributed by atoms with Crippen LogP contribution >= 0.6 is 0 Å². The minimum atomic E-state index is -5.08. The summed E-state index contributed by atoms with van der Waals surface area (Å²) in [5, 5.41) is 11.0. The average Bonchev–Trinajstić information content (AvgIpc) is 3.76. The molecule has 0 spiro atoms. The fraction of sp³-hybridized carbons (Fsp3) is 0.452. The van der Waals surface area contributed by atoms with Crippen LogP contribution in [0.2, 0.25) is 0 Å². The number of alkyl halides is 3. The Morgan fingerprint density at radius 3 is 2.21 bits per heavy atom. The predicted molar refractivity (Wildman–Crippen MR) is 162 cm³/mol. The highest BCUT2D eigenvalue weighted by Crippen LogP contribution is 2.42. The number of carboxylic acids is 1. The zero-order valence-electron chi connectivity index (χ0n) is 26.2. The number of piperazine rings is 1. The maximum absolute atomic E-state index is 14.1. The summed E-state index contributed by atoms with van der Waals surface area (Å²) in [5.74, 6) is -2.16. The number of carbonyl (C=O) groups excluding carboxylic acids is 1. The van der Waals surface area contributed by atoms with Crippen molar-refractivity contribution in [1.82, 2.24) is 14.4 Å². The Kier molecular flexibility index (Phi) is 9.46. The molecular formula is C31H35F3N4O8S. The number of amides is 1. The number of hydrogen-bond donors (Lipinski definition) is 1. The number of aliphatic carboxylic acids is 1. The number of carboxylic acid groups (broad SMARTS) is 1. The summed E-state index contributed by atoms with van der Waals surface area (Å²) in [6.45, 7) is 10.4. The van der Waals surface area contributed by atoms with Crippen LogP contribution in [0, 0.1) is 33.6 Å². The van der Waals surface area contributed by atoms with Gasteiger partial charge < -0.3 is 28.9 Å². The minimum absolute atomic E-state index is 0.0280. The van der Waals surface area contributed by atoms with Crippen LogP contribution in [0.5, 0.6) is 11.5 Å². The molecule has 1 amide bonds. The summed E-state index contributed by atoms with van der Waals surface area (Å²) >= 11 is 0. The summed E-state index contributed by atoms with van der Waals surface area (Å²) in [7, 11) is -3.92. The number of ether oxygens (including phenoxy) is 2. The molecule has 3 aliphatic heterocycles. The number of aryl methyl sites for hydroxylation is 4. The number of halogens is 3. The summed E-state index contributed by atoms with van der Waals surface area (Å²) in [6, 6.07) is 12.0. The summed E-state index contributed by atoms with van der Waals surface area (Å²) in [5.41, 5.74) is 4.78. The standard InChI is InChI=1S/C29H34N4O6S.C2HF3O2/c1-18-5-6-19(2)25(13-18)31-9-11-32(12-10-31)29(34)24-16-33(40(35,36)28-20(3)30-39-21(28)4)15-23(24)22-7-8-26-27(14-22)38-17-37-26;3-2(4,5)1(6)7/h5-8,13-14,23-24H,9-12,15-17H2,1-4H3;(H,6,7)/t23-,24+;/m0./s1. The molecule has 0 radical (unpaired) electrons. The number of benzene rings is 2. The number of hydrogen-bond acceptors (Lipinski definition) is 9. The lowest BCUT2D eigenvalue weighted by Gasteiger charge is -2.38. The van der Waals surface area contributed by atoms with Crippen LogP contribution in [0.25, 0.3) is 0 Å². The molecule has 6 rings (SSSR count). The second-order valence-electron chi connectivity index (χ2n) is 11.7. The van der Waals surface area contributed by atoms with Gasteiger partial charge in [0.25, 0.3) is 0 Å². The van der Waals surface area contributed by atoms with Crippen molar-refractivity contribution < 1.29 is 50.3 Å². The van der Waals surface area contributed by atoms with E-state index in [1.807, 2.05) is 23.1 Å². The first-order chi connectivity index (χ1) is 22.1. The topological polar surface area (TPSA) is 143 Å². The summed E-state index contributed by atoms with van der Waals surface area (Å²) < 4.78 is 76.9. The molecule has 0 saturated carbocycles. The van der Waals surface area contributed by atoms with Gasteiger partial charge in [0.2, 0.25) is 22.7 Å².